The Morgan fingerprint density at radius 3 is 2.00 bits per heavy atom. The second-order valence-electron chi connectivity index (χ2n) is 7.69. The SMILES string of the molecule is Cc1cccc(C)c1OCC(=O)Oc1ccc(CCN2C(=O)c3ccccc3C2=O)cc1. The van der Waals surface area contributed by atoms with Crippen LogP contribution in [0.5, 0.6) is 11.5 Å². The van der Waals surface area contributed by atoms with Gasteiger partial charge < -0.3 is 9.47 Å². The molecule has 0 spiro atoms. The van der Waals surface area contributed by atoms with Crippen LogP contribution in [0.4, 0.5) is 0 Å². The van der Waals surface area contributed by atoms with Crippen LogP contribution in [0.2, 0.25) is 0 Å². The Balaban J connectivity index is 1.29. The van der Waals surface area contributed by atoms with Crippen LogP contribution in [-0.2, 0) is 11.2 Å². The van der Waals surface area contributed by atoms with Crippen molar-refractivity contribution in [1.82, 2.24) is 4.90 Å². The van der Waals surface area contributed by atoms with Gasteiger partial charge in [-0.2, -0.15) is 0 Å². The van der Waals surface area contributed by atoms with Crippen LogP contribution < -0.4 is 9.47 Å². The van der Waals surface area contributed by atoms with Gasteiger partial charge in [-0.3, -0.25) is 14.5 Å². The summed E-state index contributed by atoms with van der Waals surface area (Å²) in [6.45, 7) is 3.95. The minimum Gasteiger partial charge on any atom is -0.481 e. The second-order valence-corrected chi connectivity index (χ2v) is 7.69. The molecule has 6 heteroatoms. The number of carbonyl (C=O) groups is 3. The van der Waals surface area contributed by atoms with Crippen LogP contribution in [0.3, 0.4) is 0 Å². The Labute approximate surface area is 186 Å². The second kappa shape index (κ2) is 9.06. The highest BCUT2D eigenvalue weighted by atomic mass is 16.6. The minimum atomic E-state index is -0.494. The molecule has 0 aromatic heterocycles. The standard InChI is InChI=1S/C26H23NO5/c1-17-6-5-7-18(2)24(17)31-16-23(28)32-20-12-10-19(11-13-20)14-15-27-25(29)21-8-3-4-9-22(21)26(27)30/h3-13H,14-16H2,1-2H3. The van der Waals surface area contributed by atoms with Gasteiger partial charge in [-0.15, -0.1) is 0 Å². The van der Waals surface area contributed by atoms with Gasteiger partial charge in [-0.25, -0.2) is 4.79 Å². The molecule has 0 aliphatic carbocycles. The molecule has 32 heavy (non-hydrogen) atoms. The topological polar surface area (TPSA) is 72.9 Å². The van der Waals surface area contributed by atoms with Gasteiger partial charge >= 0.3 is 5.97 Å². The van der Waals surface area contributed by atoms with Crippen LogP contribution >= 0.6 is 0 Å². The summed E-state index contributed by atoms with van der Waals surface area (Å²) in [7, 11) is 0. The minimum absolute atomic E-state index is 0.187. The third-order valence-electron chi connectivity index (χ3n) is 5.40. The zero-order valence-electron chi connectivity index (χ0n) is 18.0. The first-order valence-corrected chi connectivity index (χ1v) is 10.4. The van der Waals surface area contributed by atoms with E-state index in [2.05, 4.69) is 0 Å². The Morgan fingerprint density at radius 1 is 0.812 bits per heavy atom. The summed E-state index contributed by atoms with van der Waals surface area (Å²) in [5.74, 6) is 0.0732. The van der Waals surface area contributed by atoms with Crippen molar-refractivity contribution < 1.29 is 23.9 Å². The third kappa shape index (κ3) is 4.39. The fraction of sp³-hybridized carbons (Fsp3) is 0.192. The predicted octanol–water partition coefficient (Wildman–Crippen LogP) is 4.13. The summed E-state index contributed by atoms with van der Waals surface area (Å²) in [5, 5.41) is 0. The van der Waals surface area contributed by atoms with E-state index in [4.69, 9.17) is 9.47 Å². The first-order valence-electron chi connectivity index (χ1n) is 10.4. The van der Waals surface area contributed by atoms with Crippen molar-refractivity contribution >= 4 is 17.8 Å². The number of imide groups is 1. The molecule has 0 atom stereocenters. The number of aryl methyl sites for hydroxylation is 2. The summed E-state index contributed by atoms with van der Waals surface area (Å²) in [5.41, 5.74) is 3.74. The number of para-hydroxylation sites is 1. The average molecular weight is 429 g/mol. The van der Waals surface area contributed by atoms with Crippen LogP contribution in [0.25, 0.3) is 0 Å². The first-order chi connectivity index (χ1) is 15.4. The fourth-order valence-corrected chi connectivity index (χ4v) is 3.73. The summed E-state index contributed by atoms with van der Waals surface area (Å²) in [4.78, 5) is 38.3. The van der Waals surface area contributed by atoms with Gasteiger partial charge in [0.2, 0.25) is 0 Å². The molecular weight excluding hydrogens is 406 g/mol. The Kier molecular flexibility index (Phi) is 6.03. The maximum atomic E-state index is 12.4. The van der Waals surface area contributed by atoms with Crippen molar-refractivity contribution in [2.45, 2.75) is 20.3 Å². The molecule has 3 aromatic carbocycles. The van der Waals surface area contributed by atoms with Gasteiger partial charge in [0, 0.05) is 6.54 Å². The molecule has 1 aliphatic heterocycles. The summed E-state index contributed by atoms with van der Waals surface area (Å²) >= 11 is 0. The molecule has 162 valence electrons. The highest BCUT2D eigenvalue weighted by Gasteiger charge is 2.34. The van der Waals surface area contributed by atoms with E-state index in [9.17, 15) is 14.4 Å². The number of hydrogen-bond donors (Lipinski definition) is 0. The van der Waals surface area contributed by atoms with Gasteiger partial charge in [0.05, 0.1) is 11.1 Å². The van der Waals surface area contributed by atoms with Gasteiger partial charge in [0.1, 0.15) is 11.5 Å². The molecule has 6 nitrogen and oxygen atoms in total. The molecule has 1 aliphatic rings. The molecular formula is C26H23NO5. The summed E-state index contributed by atoms with van der Waals surface area (Å²) in [6, 6.07) is 19.6. The van der Waals surface area contributed by atoms with Gasteiger partial charge in [0.25, 0.3) is 11.8 Å². The summed E-state index contributed by atoms with van der Waals surface area (Å²) < 4.78 is 11.0. The molecule has 0 saturated carbocycles. The zero-order valence-corrected chi connectivity index (χ0v) is 18.0. The van der Waals surface area contributed by atoms with E-state index in [1.165, 1.54) is 4.90 Å². The molecule has 0 fully saturated rings. The van der Waals surface area contributed by atoms with Crippen molar-refractivity contribution in [2.75, 3.05) is 13.2 Å². The first kappa shape index (κ1) is 21.3. The number of rotatable bonds is 7. The van der Waals surface area contributed by atoms with E-state index in [1.807, 2.05) is 44.2 Å². The third-order valence-corrected chi connectivity index (χ3v) is 5.40. The number of esters is 1. The Bertz CT molecular complexity index is 1130. The number of nitrogens with zero attached hydrogens (tertiary/aromatic N) is 1. The monoisotopic (exact) mass is 429 g/mol. The maximum Gasteiger partial charge on any atom is 0.349 e. The zero-order chi connectivity index (χ0) is 22.7. The van der Waals surface area contributed by atoms with Gasteiger partial charge in [0.15, 0.2) is 6.61 Å². The molecule has 0 radical (unpaired) electrons. The van der Waals surface area contributed by atoms with Gasteiger partial charge in [-0.1, -0.05) is 42.5 Å². The van der Waals surface area contributed by atoms with Crippen molar-refractivity contribution in [2.24, 2.45) is 0 Å². The van der Waals surface area contributed by atoms with Crippen molar-refractivity contribution in [3.8, 4) is 11.5 Å². The predicted molar refractivity (Wildman–Crippen MR) is 119 cm³/mol. The molecule has 1 heterocycles. The van der Waals surface area contributed by atoms with Crippen LogP contribution in [-0.4, -0.2) is 35.8 Å². The lowest BCUT2D eigenvalue weighted by Gasteiger charge is -2.14. The van der Waals surface area contributed by atoms with E-state index >= 15 is 0 Å². The Hall–Kier alpha value is -3.93. The highest BCUT2D eigenvalue weighted by molar-refractivity contribution is 6.21. The Morgan fingerprint density at radius 2 is 1.41 bits per heavy atom. The van der Waals surface area contributed by atoms with Crippen LogP contribution in [0.1, 0.15) is 37.4 Å². The van der Waals surface area contributed by atoms with E-state index in [1.54, 1.807) is 36.4 Å². The van der Waals surface area contributed by atoms with E-state index < -0.39 is 5.97 Å². The number of amides is 2. The van der Waals surface area contributed by atoms with Crippen LogP contribution in [0.15, 0.2) is 66.7 Å². The molecule has 0 unspecified atom stereocenters. The van der Waals surface area contributed by atoms with Crippen molar-refractivity contribution in [1.29, 1.82) is 0 Å². The highest BCUT2D eigenvalue weighted by Crippen LogP contribution is 2.24. The number of fused-ring (bicyclic) bond motifs is 1. The van der Waals surface area contributed by atoms with Crippen molar-refractivity contribution in [3.63, 3.8) is 0 Å². The fourth-order valence-electron chi connectivity index (χ4n) is 3.73. The molecule has 3 aromatic rings. The molecule has 2 amide bonds. The average Bonchev–Trinajstić information content (AvgIpc) is 3.03. The lowest BCUT2D eigenvalue weighted by atomic mass is 10.1. The quantitative estimate of drug-likeness (QED) is 0.321. The maximum absolute atomic E-state index is 12.4. The van der Waals surface area contributed by atoms with Gasteiger partial charge in [-0.05, 0) is 61.2 Å². The number of ether oxygens (including phenoxy) is 2. The molecule has 0 saturated heterocycles. The lowest BCUT2D eigenvalue weighted by molar-refractivity contribution is -0.136. The number of benzene rings is 3. The normalized spacial score (nSPS) is 12.6. The number of hydrogen-bond acceptors (Lipinski definition) is 5. The molecule has 0 N–H and O–H groups in total. The van der Waals surface area contributed by atoms with E-state index in [-0.39, 0.29) is 25.0 Å². The van der Waals surface area contributed by atoms with Crippen molar-refractivity contribution in [3.05, 3.63) is 94.5 Å². The lowest BCUT2D eigenvalue weighted by Crippen LogP contribution is -2.31. The largest absolute Gasteiger partial charge is 0.481 e. The smallest absolute Gasteiger partial charge is 0.349 e. The molecule has 4 rings (SSSR count). The summed E-state index contributed by atoms with van der Waals surface area (Å²) in [6.07, 6.45) is 0.509. The van der Waals surface area contributed by atoms with E-state index in [0.717, 1.165) is 16.7 Å². The number of carbonyl (C=O) groups excluding carboxylic acids is 3. The van der Waals surface area contributed by atoms with Crippen LogP contribution in [0, 0.1) is 13.8 Å². The molecule has 0 bridgehead atoms. The van der Waals surface area contributed by atoms with E-state index in [0.29, 0.717) is 29.0 Å².